The molecule has 120 valence electrons. The van der Waals surface area contributed by atoms with E-state index in [0.717, 1.165) is 0 Å². The molecule has 1 aliphatic heterocycles. The van der Waals surface area contributed by atoms with E-state index in [1.54, 1.807) is 36.1 Å². The van der Waals surface area contributed by atoms with E-state index >= 15 is 0 Å². The summed E-state index contributed by atoms with van der Waals surface area (Å²) in [7, 11) is 0. The Morgan fingerprint density at radius 1 is 1.22 bits per heavy atom. The number of rotatable bonds is 3. The summed E-state index contributed by atoms with van der Waals surface area (Å²) in [6, 6.07) is 7.71. The predicted octanol–water partition coefficient (Wildman–Crippen LogP) is 3.16. The molecule has 2 heterocycles. The Morgan fingerprint density at radius 2 is 1.96 bits per heavy atom. The van der Waals surface area contributed by atoms with Crippen molar-refractivity contribution in [3.63, 3.8) is 0 Å². The number of nitrogens with zero attached hydrogens (tertiary/aromatic N) is 1. The Kier molecular flexibility index (Phi) is 4.33. The number of likely N-dealkylation sites (tertiary alicyclic amines) is 1. The maximum absolute atomic E-state index is 12.3. The largest absolute Gasteiger partial charge is 0.486 e. The molecule has 1 saturated heterocycles. The van der Waals surface area contributed by atoms with Crippen molar-refractivity contribution in [2.45, 2.75) is 13.0 Å². The van der Waals surface area contributed by atoms with Crippen LogP contribution in [0, 0.1) is 6.92 Å². The fraction of sp³-hybridized carbons (Fsp3) is 0.250. The van der Waals surface area contributed by atoms with Crippen molar-refractivity contribution in [3.05, 3.63) is 62.1 Å². The molecule has 7 heteroatoms. The highest BCUT2D eigenvalue weighted by molar-refractivity contribution is 6.42. The zero-order chi connectivity index (χ0) is 16.6. The van der Waals surface area contributed by atoms with E-state index in [0.29, 0.717) is 40.2 Å². The first-order valence-electron chi connectivity index (χ1n) is 6.95. The molecule has 0 bridgehead atoms. The van der Waals surface area contributed by atoms with Gasteiger partial charge in [0.25, 0.3) is 5.91 Å². The third kappa shape index (κ3) is 3.51. The number of benzene rings is 1. The van der Waals surface area contributed by atoms with Crippen LogP contribution < -0.4 is 10.4 Å². The van der Waals surface area contributed by atoms with Gasteiger partial charge in [-0.25, -0.2) is 4.79 Å². The molecule has 0 aliphatic carbocycles. The SMILES string of the molecule is Cc1cc(OC2CN(C(=O)c3ccc(Cl)c(Cl)c3)C2)cc(=O)o1. The minimum atomic E-state index is -0.455. The summed E-state index contributed by atoms with van der Waals surface area (Å²) in [5, 5.41) is 0.753. The Morgan fingerprint density at radius 3 is 2.61 bits per heavy atom. The molecule has 1 aliphatic rings. The number of halogens is 2. The summed E-state index contributed by atoms with van der Waals surface area (Å²) in [6.45, 7) is 2.56. The number of ether oxygens (including phenoxy) is 1. The summed E-state index contributed by atoms with van der Waals surface area (Å²) in [4.78, 5) is 25.2. The molecule has 0 unspecified atom stereocenters. The molecule has 3 rings (SSSR count). The lowest BCUT2D eigenvalue weighted by Crippen LogP contribution is -2.56. The Balaban J connectivity index is 1.61. The molecule has 5 nitrogen and oxygen atoms in total. The number of carbonyl (C=O) groups is 1. The highest BCUT2D eigenvalue weighted by Crippen LogP contribution is 2.25. The zero-order valence-electron chi connectivity index (χ0n) is 12.2. The van der Waals surface area contributed by atoms with Crippen LogP contribution in [0.1, 0.15) is 16.1 Å². The molecule has 1 fully saturated rings. The monoisotopic (exact) mass is 353 g/mol. The minimum absolute atomic E-state index is 0.132. The van der Waals surface area contributed by atoms with E-state index < -0.39 is 5.63 Å². The third-order valence-corrected chi connectivity index (χ3v) is 4.21. The maximum atomic E-state index is 12.3. The molecule has 1 aromatic heterocycles. The first kappa shape index (κ1) is 15.9. The fourth-order valence-corrected chi connectivity index (χ4v) is 2.62. The number of amides is 1. The second kappa shape index (κ2) is 6.26. The van der Waals surface area contributed by atoms with E-state index in [2.05, 4.69) is 0 Å². The molecule has 2 aromatic rings. The molecule has 1 aromatic carbocycles. The van der Waals surface area contributed by atoms with Gasteiger partial charge < -0.3 is 14.1 Å². The van der Waals surface area contributed by atoms with Gasteiger partial charge in [-0.15, -0.1) is 0 Å². The van der Waals surface area contributed by atoms with Gasteiger partial charge in [0.15, 0.2) is 0 Å². The lowest BCUT2D eigenvalue weighted by atomic mass is 10.1. The van der Waals surface area contributed by atoms with Crippen molar-refractivity contribution < 1.29 is 13.9 Å². The van der Waals surface area contributed by atoms with Gasteiger partial charge in [0.1, 0.15) is 17.6 Å². The van der Waals surface area contributed by atoms with Crippen molar-refractivity contribution >= 4 is 29.1 Å². The van der Waals surface area contributed by atoms with Gasteiger partial charge in [-0.05, 0) is 25.1 Å². The van der Waals surface area contributed by atoms with E-state index in [4.69, 9.17) is 32.4 Å². The van der Waals surface area contributed by atoms with Crippen LogP contribution in [0.25, 0.3) is 0 Å². The summed E-state index contributed by atoms with van der Waals surface area (Å²) in [6.07, 6.45) is -0.150. The highest BCUT2D eigenvalue weighted by Gasteiger charge is 2.33. The molecule has 0 N–H and O–H groups in total. The number of hydrogen-bond acceptors (Lipinski definition) is 4. The highest BCUT2D eigenvalue weighted by atomic mass is 35.5. The van der Waals surface area contributed by atoms with Crippen LogP contribution in [0.5, 0.6) is 5.75 Å². The first-order valence-corrected chi connectivity index (χ1v) is 7.71. The molecular formula is C16H13Cl2NO4. The van der Waals surface area contributed by atoms with Gasteiger partial charge >= 0.3 is 5.63 Å². The second-order valence-electron chi connectivity index (χ2n) is 5.30. The van der Waals surface area contributed by atoms with Crippen LogP contribution in [0.15, 0.2) is 39.5 Å². The van der Waals surface area contributed by atoms with Crippen molar-refractivity contribution in [1.29, 1.82) is 0 Å². The van der Waals surface area contributed by atoms with Crippen LogP contribution in [0.3, 0.4) is 0 Å². The number of hydrogen-bond donors (Lipinski definition) is 0. The molecule has 23 heavy (non-hydrogen) atoms. The van der Waals surface area contributed by atoms with Crippen LogP contribution in [-0.4, -0.2) is 30.0 Å². The molecule has 1 amide bonds. The van der Waals surface area contributed by atoms with Crippen LogP contribution in [0.2, 0.25) is 10.0 Å². The standard InChI is InChI=1S/C16H13Cl2NO4/c1-9-4-11(6-15(20)22-9)23-12-7-19(8-12)16(21)10-2-3-13(17)14(18)5-10/h2-6,12H,7-8H2,1H3. The van der Waals surface area contributed by atoms with Crippen LogP contribution in [0.4, 0.5) is 0 Å². The molecule has 0 atom stereocenters. The maximum Gasteiger partial charge on any atom is 0.339 e. The van der Waals surface area contributed by atoms with Crippen molar-refractivity contribution in [2.24, 2.45) is 0 Å². The predicted molar refractivity (Wildman–Crippen MR) is 86.5 cm³/mol. The average Bonchev–Trinajstić information content (AvgIpc) is 2.43. The smallest absolute Gasteiger partial charge is 0.339 e. The Hall–Kier alpha value is -1.98. The van der Waals surface area contributed by atoms with Gasteiger partial charge in [-0.1, -0.05) is 23.2 Å². The van der Waals surface area contributed by atoms with Gasteiger partial charge in [0.05, 0.1) is 29.2 Å². The van der Waals surface area contributed by atoms with Crippen LogP contribution in [-0.2, 0) is 0 Å². The molecule has 0 radical (unpaired) electrons. The van der Waals surface area contributed by atoms with E-state index in [1.807, 2.05) is 0 Å². The quantitative estimate of drug-likeness (QED) is 0.850. The molecule has 0 spiro atoms. The number of carbonyl (C=O) groups excluding carboxylic acids is 1. The average molecular weight is 354 g/mol. The Labute approximate surface area is 142 Å². The third-order valence-electron chi connectivity index (χ3n) is 3.47. The summed E-state index contributed by atoms with van der Waals surface area (Å²) in [5.74, 6) is 0.799. The first-order chi connectivity index (χ1) is 10.9. The second-order valence-corrected chi connectivity index (χ2v) is 6.12. The summed E-state index contributed by atoms with van der Waals surface area (Å²) < 4.78 is 10.5. The van der Waals surface area contributed by atoms with Crippen molar-refractivity contribution in [3.8, 4) is 5.75 Å². The lowest BCUT2D eigenvalue weighted by molar-refractivity contribution is 0.0175. The van der Waals surface area contributed by atoms with Gasteiger partial charge in [-0.2, -0.15) is 0 Å². The summed E-state index contributed by atoms with van der Waals surface area (Å²) in [5.41, 5.74) is 0.0251. The minimum Gasteiger partial charge on any atom is -0.486 e. The van der Waals surface area contributed by atoms with Crippen LogP contribution >= 0.6 is 23.2 Å². The topological polar surface area (TPSA) is 59.8 Å². The van der Waals surface area contributed by atoms with Crippen molar-refractivity contribution in [2.75, 3.05) is 13.1 Å². The van der Waals surface area contributed by atoms with Gasteiger partial charge in [0.2, 0.25) is 0 Å². The normalized spacial score (nSPS) is 14.5. The fourth-order valence-electron chi connectivity index (χ4n) is 2.33. The lowest BCUT2D eigenvalue weighted by Gasteiger charge is -2.39. The molecule has 0 saturated carbocycles. The van der Waals surface area contributed by atoms with E-state index in [9.17, 15) is 9.59 Å². The van der Waals surface area contributed by atoms with Crippen molar-refractivity contribution in [1.82, 2.24) is 4.90 Å². The van der Waals surface area contributed by atoms with E-state index in [-0.39, 0.29) is 12.0 Å². The van der Waals surface area contributed by atoms with Gasteiger partial charge in [-0.3, -0.25) is 4.79 Å². The van der Waals surface area contributed by atoms with E-state index in [1.165, 1.54) is 6.07 Å². The number of aryl methyl sites for hydroxylation is 1. The Bertz CT molecular complexity index is 812. The summed E-state index contributed by atoms with van der Waals surface area (Å²) >= 11 is 11.8. The molecular weight excluding hydrogens is 341 g/mol. The van der Waals surface area contributed by atoms with Gasteiger partial charge in [0, 0.05) is 11.6 Å². The zero-order valence-corrected chi connectivity index (χ0v) is 13.7.